The molecule has 0 saturated carbocycles. The Labute approximate surface area is 125 Å². The summed E-state index contributed by atoms with van der Waals surface area (Å²) < 4.78 is 26.7. The maximum absolute atomic E-state index is 13.7. The highest BCUT2D eigenvalue weighted by Crippen LogP contribution is 2.21. The molecule has 0 fully saturated rings. The topological polar surface area (TPSA) is 29.1 Å². The molecule has 1 amide bonds. The molecule has 21 heavy (non-hydrogen) atoms. The zero-order valence-corrected chi connectivity index (χ0v) is 13.5. The summed E-state index contributed by atoms with van der Waals surface area (Å²) in [7, 11) is 0. The molecule has 0 aliphatic heterocycles. The van der Waals surface area contributed by atoms with E-state index in [-0.39, 0.29) is 17.9 Å². The number of amides is 1. The molecule has 0 radical (unpaired) electrons. The monoisotopic (exact) mass is 297 g/mol. The van der Waals surface area contributed by atoms with Gasteiger partial charge in [0, 0.05) is 17.5 Å². The van der Waals surface area contributed by atoms with E-state index in [2.05, 4.69) is 5.32 Å². The highest BCUT2D eigenvalue weighted by atomic mass is 19.1. The number of carbonyl (C=O) groups excluding carboxylic acids is 1. The fourth-order valence-electron chi connectivity index (χ4n) is 2.19. The van der Waals surface area contributed by atoms with Gasteiger partial charge in [0.25, 0.3) is 0 Å². The zero-order chi connectivity index (χ0) is 16.2. The fourth-order valence-corrected chi connectivity index (χ4v) is 2.19. The summed E-state index contributed by atoms with van der Waals surface area (Å²) in [6.45, 7) is 9.51. The Hall–Kier alpha value is -1.45. The number of carbonyl (C=O) groups is 1. The Morgan fingerprint density at radius 1 is 1.29 bits per heavy atom. The number of benzene rings is 1. The molecule has 4 heteroatoms. The molecule has 1 aromatic rings. The van der Waals surface area contributed by atoms with Gasteiger partial charge in [-0.3, -0.25) is 4.79 Å². The smallest absolute Gasteiger partial charge is 0.225 e. The Bertz CT molecular complexity index is 494. The van der Waals surface area contributed by atoms with Crippen molar-refractivity contribution in [2.75, 3.05) is 0 Å². The second-order valence-corrected chi connectivity index (χ2v) is 6.62. The molecule has 0 aliphatic rings. The van der Waals surface area contributed by atoms with E-state index in [9.17, 15) is 13.6 Å². The summed E-state index contributed by atoms with van der Waals surface area (Å²) in [5.74, 6) is -1.01. The van der Waals surface area contributed by atoms with Gasteiger partial charge in [-0.15, -0.1) is 0 Å². The molecule has 0 aromatic heterocycles. The van der Waals surface area contributed by atoms with Gasteiger partial charge < -0.3 is 5.32 Å². The van der Waals surface area contributed by atoms with Crippen molar-refractivity contribution in [2.45, 2.75) is 53.5 Å². The standard InChI is InChI=1S/C17H25F2NO/c1-6-12(11(2)20-16(21)17(3,4)5)9-13-7-8-14(18)10-15(13)19/h7-8,10-12H,6,9H2,1-5H3,(H,20,21)/t11?,12-/m0/s1. The van der Waals surface area contributed by atoms with Crippen LogP contribution in [-0.4, -0.2) is 11.9 Å². The molecule has 1 unspecified atom stereocenters. The van der Waals surface area contributed by atoms with E-state index < -0.39 is 17.0 Å². The van der Waals surface area contributed by atoms with Crippen molar-refractivity contribution in [3.8, 4) is 0 Å². The van der Waals surface area contributed by atoms with Crippen molar-refractivity contribution < 1.29 is 13.6 Å². The van der Waals surface area contributed by atoms with Gasteiger partial charge in [0.05, 0.1) is 0 Å². The van der Waals surface area contributed by atoms with E-state index in [1.807, 2.05) is 34.6 Å². The first-order valence-corrected chi connectivity index (χ1v) is 7.40. The van der Waals surface area contributed by atoms with Gasteiger partial charge in [-0.1, -0.05) is 40.2 Å². The molecule has 2 nitrogen and oxygen atoms in total. The minimum absolute atomic E-state index is 0.0203. The van der Waals surface area contributed by atoms with Crippen LogP contribution >= 0.6 is 0 Å². The number of rotatable bonds is 5. The second kappa shape index (κ2) is 7.01. The van der Waals surface area contributed by atoms with Gasteiger partial charge in [0.15, 0.2) is 0 Å². The third-order valence-corrected chi connectivity index (χ3v) is 3.77. The van der Waals surface area contributed by atoms with Gasteiger partial charge in [0.1, 0.15) is 11.6 Å². The van der Waals surface area contributed by atoms with Crippen LogP contribution in [0.2, 0.25) is 0 Å². The van der Waals surface area contributed by atoms with E-state index in [1.54, 1.807) is 0 Å². The molecule has 1 N–H and O–H groups in total. The summed E-state index contributed by atoms with van der Waals surface area (Å²) >= 11 is 0. The Morgan fingerprint density at radius 3 is 2.38 bits per heavy atom. The maximum atomic E-state index is 13.7. The van der Waals surface area contributed by atoms with Crippen LogP contribution in [0.3, 0.4) is 0 Å². The molecule has 0 bridgehead atoms. The van der Waals surface area contributed by atoms with Gasteiger partial charge in [-0.2, -0.15) is 0 Å². The van der Waals surface area contributed by atoms with Crippen LogP contribution < -0.4 is 5.32 Å². The Balaban J connectivity index is 2.76. The summed E-state index contributed by atoms with van der Waals surface area (Å²) in [4.78, 5) is 12.0. The van der Waals surface area contributed by atoms with E-state index in [0.717, 1.165) is 12.5 Å². The molecule has 0 spiro atoms. The lowest BCUT2D eigenvalue weighted by atomic mass is 9.89. The van der Waals surface area contributed by atoms with Crippen LogP contribution in [0, 0.1) is 23.0 Å². The average Bonchev–Trinajstić information content (AvgIpc) is 2.36. The number of hydrogen-bond acceptors (Lipinski definition) is 1. The van der Waals surface area contributed by atoms with Crippen LogP contribution in [0.25, 0.3) is 0 Å². The minimum Gasteiger partial charge on any atom is -0.353 e. The first-order valence-electron chi connectivity index (χ1n) is 7.40. The van der Waals surface area contributed by atoms with Crippen molar-refractivity contribution in [1.29, 1.82) is 0 Å². The quantitative estimate of drug-likeness (QED) is 0.871. The van der Waals surface area contributed by atoms with Crippen molar-refractivity contribution in [3.63, 3.8) is 0 Å². The normalized spacial score (nSPS) is 14.6. The minimum atomic E-state index is -0.571. The van der Waals surface area contributed by atoms with Crippen molar-refractivity contribution in [1.82, 2.24) is 5.32 Å². The third kappa shape index (κ3) is 5.10. The lowest BCUT2D eigenvalue weighted by molar-refractivity contribution is -0.129. The van der Waals surface area contributed by atoms with Gasteiger partial charge >= 0.3 is 0 Å². The first kappa shape index (κ1) is 17.6. The van der Waals surface area contributed by atoms with E-state index in [1.165, 1.54) is 12.1 Å². The number of halogens is 2. The lowest BCUT2D eigenvalue weighted by Crippen LogP contribution is -2.44. The summed E-state index contributed by atoms with van der Waals surface area (Å²) in [5, 5.41) is 2.99. The van der Waals surface area contributed by atoms with Crippen LogP contribution in [0.5, 0.6) is 0 Å². The highest BCUT2D eigenvalue weighted by Gasteiger charge is 2.26. The maximum Gasteiger partial charge on any atom is 0.225 e. The second-order valence-electron chi connectivity index (χ2n) is 6.62. The molecule has 1 rings (SSSR count). The van der Waals surface area contributed by atoms with E-state index in [0.29, 0.717) is 12.0 Å². The van der Waals surface area contributed by atoms with Gasteiger partial charge in [-0.05, 0) is 30.9 Å². The van der Waals surface area contributed by atoms with Crippen LogP contribution in [0.1, 0.15) is 46.6 Å². The molecular weight excluding hydrogens is 272 g/mol. The van der Waals surface area contributed by atoms with Crippen LogP contribution in [0.15, 0.2) is 18.2 Å². The molecule has 0 heterocycles. The summed E-state index contributed by atoms with van der Waals surface area (Å²) in [6.07, 6.45) is 1.29. The largest absolute Gasteiger partial charge is 0.353 e. The van der Waals surface area contributed by atoms with Crippen molar-refractivity contribution in [2.24, 2.45) is 11.3 Å². The van der Waals surface area contributed by atoms with Crippen LogP contribution in [-0.2, 0) is 11.2 Å². The number of hydrogen-bond donors (Lipinski definition) is 1. The Morgan fingerprint density at radius 2 is 1.90 bits per heavy atom. The lowest BCUT2D eigenvalue weighted by Gasteiger charge is -2.27. The predicted octanol–water partition coefficient (Wildman–Crippen LogP) is 4.08. The average molecular weight is 297 g/mol. The molecular formula is C17H25F2NO. The van der Waals surface area contributed by atoms with E-state index in [4.69, 9.17) is 0 Å². The number of nitrogens with one attached hydrogen (secondary N) is 1. The van der Waals surface area contributed by atoms with Crippen LogP contribution in [0.4, 0.5) is 8.78 Å². The highest BCUT2D eigenvalue weighted by molar-refractivity contribution is 5.81. The van der Waals surface area contributed by atoms with E-state index >= 15 is 0 Å². The molecule has 0 saturated heterocycles. The molecule has 1 aromatic carbocycles. The predicted molar refractivity (Wildman–Crippen MR) is 80.9 cm³/mol. The van der Waals surface area contributed by atoms with Gasteiger partial charge in [0.2, 0.25) is 5.91 Å². The summed E-state index contributed by atoms with van der Waals surface area (Å²) in [6, 6.07) is 3.58. The molecule has 2 atom stereocenters. The van der Waals surface area contributed by atoms with Gasteiger partial charge in [-0.25, -0.2) is 8.78 Å². The SMILES string of the molecule is CC[C@@H](Cc1ccc(F)cc1F)C(C)NC(=O)C(C)(C)C. The van der Waals surface area contributed by atoms with Crippen molar-refractivity contribution in [3.05, 3.63) is 35.4 Å². The Kier molecular flexibility index (Phi) is 5.87. The molecule has 0 aliphatic carbocycles. The van der Waals surface area contributed by atoms with Crippen molar-refractivity contribution >= 4 is 5.91 Å². The third-order valence-electron chi connectivity index (χ3n) is 3.77. The molecule has 118 valence electrons. The first-order chi connectivity index (χ1) is 9.65. The fraction of sp³-hybridized carbons (Fsp3) is 0.588. The summed E-state index contributed by atoms with van der Waals surface area (Å²) in [5.41, 5.74) is 0.0355. The zero-order valence-electron chi connectivity index (χ0n) is 13.5.